The van der Waals surface area contributed by atoms with Gasteiger partial charge in [0.2, 0.25) is 0 Å². The van der Waals surface area contributed by atoms with Crippen LogP contribution in [0.15, 0.2) is 48.2 Å². The molecule has 0 spiro atoms. The van der Waals surface area contributed by atoms with E-state index in [0.29, 0.717) is 10.7 Å². The second kappa shape index (κ2) is 9.62. The third-order valence-electron chi connectivity index (χ3n) is 5.49. The molecule has 150 valence electrons. The van der Waals surface area contributed by atoms with Crippen LogP contribution in [0.1, 0.15) is 54.5 Å². The summed E-state index contributed by atoms with van der Waals surface area (Å²) in [6.45, 7) is 3.92. The van der Waals surface area contributed by atoms with Gasteiger partial charge in [-0.3, -0.25) is 4.79 Å². The Morgan fingerprint density at radius 1 is 1.24 bits per heavy atom. The van der Waals surface area contributed by atoms with E-state index in [1.54, 1.807) is 18.2 Å². The summed E-state index contributed by atoms with van der Waals surface area (Å²) in [6.07, 6.45) is 7.15. The summed E-state index contributed by atoms with van der Waals surface area (Å²) >= 11 is 6.11. The van der Waals surface area contributed by atoms with E-state index in [4.69, 9.17) is 11.6 Å². The highest BCUT2D eigenvalue weighted by Gasteiger charge is 2.15. The molecular formula is C24H26ClN3O. The Balaban J connectivity index is 1.73. The maximum absolute atomic E-state index is 12.6. The molecule has 1 atom stereocenters. The molecule has 1 aliphatic rings. The topological polar surface area (TPSA) is 64.9 Å². The van der Waals surface area contributed by atoms with Gasteiger partial charge in [-0.2, -0.15) is 5.26 Å². The third kappa shape index (κ3) is 4.99. The molecule has 1 aliphatic carbocycles. The molecule has 2 N–H and O–H groups in total. The highest BCUT2D eigenvalue weighted by molar-refractivity contribution is 6.31. The lowest BCUT2D eigenvalue weighted by Gasteiger charge is -2.21. The summed E-state index contributed by atoms with van der Waals surface area (Å²) in [4.78, 5) is 12.6. The lowest BCUT2D eigenvalue weighted by molar-refractivity contribution is -0.112. The van der Waals surface area contributed by atoms with Gasteiger partial charge in [0.15, 0.2) is 0 Å². The third-order valence-corrected chi connectivity index (χ3v) is 5.90. The average molecular weight is 408 g/mol. The number of nitrogens with one attached hydrogen (secondary N) is 2. The summed E-state index contributed by atoms with van der Waals surface area (Å²) in [7, 11) is 0. The van der Waals surface area contributed by atoms with Crippen LogP contribution in [0, 0.1) is 18.3 Å². The smallest absolute Gasteiger partial charge is 0.267 e. The minimum Gasteiger partial charge on any atom is -0.383 e. The van der Waals surface area contributed by atoms with E-state index >= 15 is 0 Å². The van der Waals surface area contributed by atoms with Gasteiger partial charge in [0.05, 0.1) is 6.04 Å². The number of hydrogen-bond donors (Lipinski definition) is 2. The molecule has 0 heterocycles. The van der Waals surface area contributed by atoms with Crippen LogP contribution < -0.4 is 10.6 Å². The molecule has 0 bridgehead atoms. The second-order valence-electron chi connectivity index (χ2n) is 7.40. The van der Waals surface area contributed by atoms with Gasteiger partial charge >= 0.3 is 0 Å². The van der Waals surface area contributed by atoms with E-state index < -0.39 is 5.91 Å². The van der Waals surface area contributed by atoms with Gasteiger partial charge in [-0.25, -0.2) is 0 Å². The molecule has 2 aromatic rings. The fourth-order valence-corrected chi connectivity index (χ4v) is 3.86. The minimum atomic E-state index is -0.453. The number of rotatable bonds is 6. The molecule has 4 nitrogen and oxygen atoms in total. The summed E-state index contributed by atoms with van der Waals surface area (Å²) < 4.78 is 0. The number of benzene rings is 2. The Bertz CT molecular complexity index is 975. The zero-order chi connectivity index (χ0) is 20.8. The molecule has 1 amide bonds. The number of aryl methyl sites for hydroxylation is 2. The monoisotopic (exact) mass is 407 g/mol. The first kappa shape index (κ1) is 21.0. The summed E-state index contributed by atoms with van der Waals surface area (Å²) in [6, 6.07) is 14.0. The molecule has 3 rings (SSSR count). The van der Waals surface area contributed by atoms with Crippen LogP contribution in [0.5, 0.6) is 0 Å². The molecule has 0 fully saturated rings. The number of hydrogen-bond acceptors (Lipinski definition) is 3. The van der Waals surface area contributed by atoms with Crippen molar-refractivity contribution in [3.63, 3.8) is 0 Å². The Morgan fingerprint density at radius 2 is 2.00 bits per heavy atom. The van der Waals surface area contributed by atoms with Crippen LogP contribution in [0.3, 0.4) is 0 Å². The van der Waals surface area contributed by atoms with Crippen molar-refractivity contribution in [2.24, 2.45) is 0 Å². The fourth-order valence-electron chi connectivity index (χ4n) is 3.68. The van der Waals surface area contributed by atoms with Crippen molar-refractivity contribution >= 4 is 23.2 Å². The van der Waals surface area contributed by atoms with Gasteiger partial charge < -0.3 is 10.6 Å². The summed E-state index contributed by atoms with van der Waals surface area (Å²) in [5.74, 6) is -0.453. The van der Waals surface area contributed by atoms with E-state index in [1.165, 1.54) is 35.7 Å². The lowest BCUT2D eigenvalue weighted by Crippen LogP contribution is -2.20. The van der Waals surface area contributed by atoms with Crippen molar-refractivity contribution in [1.82, 2.24) is 5.32 Å². The van der Waals surface area contributed by atoms with Crippen molar-refractivity contribution in [3.05, 3.63) is 75.4 Å². The highest BCUT2D eigenvalue weighted by Crippen LogP contribution is 2.26. The number of nitrogens with zero attached hydrogens (tertiary/aromatic N) is 1. The summed E-state index contributed by atoms with van der Waals surface area (Å²) in [5, 5.41) is 16.1. The fraction of sp³-hybridized carbons (Fsp3) is 0.333. The second-order valence-corrected chi connectivity index (χ2v) is 7.81. The molecule has 2 aromatic carbocycles. The summed E-state index contributed by atoms with van der Waals surface area (Å²) in [5.41, 5.74) is 5.46. The standard InChI is InChI=1S/C24H26ClN3O/c1-3-22(19-12-11-17-7-4-5-8-18(17)13-19)27-15-20(14-26)24(29)28-23-10-6-9-21(25)16(23)2/h6,9-13,15,22,27H,3-5,7-8H2,1-2H3,(H,28,29)/b20-15-. The number of nitriles is 1. The lowest BCUT2D eigenvalue weighted by atomic mass is 9.89. The number of amides is 1. The molecular weight excluding hydrogens is 382 g/mol. The number of halogens is 1. The van der Waals surface area contributed by atoms with Crippen molar-refractivity contribution in [2.75, 3.05) is 5.32 Å². The first-order valence-corrected chi connectivity index (χ1v) is 10.5. The molecule has 1 unspecified atom stereocenters. The van der Waals surface area contributed by atoms with E-state index in [9.17, 15) is 10.1 Å². The van der Waals surface area contributed by atoms with Crippen LogP contribution in [0.4, 0.5) is 5.69 Å². The minimum absolute atomic E-state index is 0.0285. The van der Waals surface area contributed by atoms with Gasteiger partial charge in [0.1, 0.15) is 11.6 Å². The van der Waals surface area contributed by atoms with Crippen LogP contribution >= 0.6 is 11.6 Å². The Kier molecular flexibility index (Phi) is 6.95. The average Bonchev–Trinajstić information content (AvgIpc) is 2.74. The van der Waals surface area contributed by atoms with Crippen LogP contribution in [0.2, 0.25) is 5.02 Å². The van der Waals surface area contributed by atoms with Crippen LogP contribution in [-0.2, 0) is 17.6 Å². The molecule has 0 aliphatic heterocycles. The molecule has 0 radical (unpaired) electrons. The molecule has 5 heteroatoms. The first-order valence-electron chi connectivity index (χ1n) is 10.1. The van der Waals surface area contributed by atoms with Gasteiger partial charge in [-0.05, 0) is 73.4 Å². The quantitative estimate of drug-likeness (QED) is 0.482. The normalized spacial score (nSPS) is 14.5. The molecule has 29 heavy (non-hydrogen) atoms. The van der Waals surface area contributed by atoms with E-state index in [1.807, 2.05) is 13.0 Å². The van der Waals surface area contributed by atoms with Gasteiger partial charge in [-0.15, -0.1) is 0 Å². The van der Waals surface area contributed by atoms with E-state index in [-0.39, 0.29) is 11.6 Å². The Hall–Kier alpha value is -2.77. The molecule has 0 saturated heterocycles. The molecule has 0 saturated carbocycles. The van der Waals surface area contributed by atoms with Gasteiger partial charge in [-0.1, -0.05) is 42.8 Å². The van der Waals surface area contributed by atoms with Crippen molar-refractivity contribution in [1.29, 1.82) is 5.26 Å². The predicted molar refractivity (Wildman–Crippen MR) is 118 cm³/mol. The number of carbonyl (C=O) groups is 1. The number of carbonyl (C=O) groups excluding carboxylic acids is 1. The van der Waals surface area contributed by atoms with E-state index in [0.717, 1.165) is 24.8 Å². The Morgan fingerprint density at radius 3 is 2.72 bits per heavy atom. The van der Waals surface area contributed by atoms with Crippen molar-refractivity contribution in [2.45, 2.75) is 52.0 Å². The maximum atomic E-state index is 12.6. The predicted octanol–water partition coefficient (Wildman–Crippen LogP) is 5.61. The Labute approximate surface area is 177 Å². The van der Waals surface area contributed by atoms with Gasteiger partial charge in [0.25, 0.3) is 5.91 Å². The van der Waals surface area contributed by atoms with E-state index in [2.05, 4.69) is 35.8 Å². The van der Waals surface area contributed by atoms with Crippen LogP contribution in [-0.4, -0.2) is 5.91 Å². The maximum Gasteiger partial charge on any atom is 0.267 e. The SMILES string of the molecule is CCC(N/C=C(/C#N)C(=O)Nc1cccc(Cl)c1C)c1ccc2c(c1)CCCC2. The largest absolute Gasteiger partial charge is 0.383 e. The van der Waals surface area contributed by atoms with Crippen molar-refractivity contribution < 1.29 is 4.79 Å². The molecule has 0 aromatic heterocycles. The first-order chi connectivity index (χ1) is 14.0. The number of anilines is 1. The number of fused-ring (bicyclic) bond motifs is 1. The van der Waals surface area contributed by atoms with Gasteiger partial charge in [0, 0.05) is 16.9 Å². The van der Waals surface area contributed by atoms with Crippen molar-refractivity contribution in [3.8, 4) is 6.07 Å². The van der Waals surface area contributed by atoms with Crippen LogP contribution in [0.25, 0.3) is 0 Å². The zero-order valence-electron chi connectivity index (χ0n) is 16.9. The highest BCUT2D eigenvalue weighted by atomic mass is 35.5. The zero-order valence-corrected chi connectivity index (χ0v) is 17.6.